The van der Waals surface area contributed by atoms with Crippen molar-refractivity contribution in [2.75, 3.05) is 93.6 Å². The zero-order valence-electron chi connectivity index (χ0n) is 38.1. The Kier molecular flexibility index (Phi) is 86.7. The normalized spacial score (nSPS) is 19.2. The summed E-state index contributed by atoms with van der Waals surface area (Å²) in [7, 11) is 8.73. The molecule has 0 aromatic rings. The number of nitrogens with one attached hydrogen (secondary N) is 1. The van der Waals surface area contributed by atoms with Crippen LogP contribution in [0.2, 0.25) is 0 Å². The molecule has 0 spiro atoms. The van der Waals surface area contributed by atoms with Gasteiger partial charge in [0.05, 0.1) is 0 Å². The van der Waals surface area contributed by atoms with Crippen LogP contribution in [0, 0.1) is 0 Å². The fraction of sp³-hybridized carbons (Fsp3) is 1.00. The van der Waals surface area contributed by atoms with E-state index in [0.29, 0.717) is 0 Å². The van der Waals surface area contributed by atoms with Gasteiger partial charge < -0.3 is 24.9 Å². The molecule has 6 fully saturated rings. The van der Waals surface area contributed by atoms with E-state index in [2.05, 4.69) is 53.1 Å². The standard InChI is InChI=1S/2C6H13N.3C5H11N.C5H10.6C2H6.CH4/c2*1-7-5-3-2-4-6-7;2*1-6-4-2-3-5-6;1-2-4-6-5-3-1;1-2-4-5-3-1;6*1-2;/h2*2-6H2,1H3;2*2-5H2,1H3;6H,1-5H2;1-5H2;6*1-2H3;1H4. The minimum Gasteiger partial charge on any atom is -0.317 e. The van der Waals surface area contributed by atoms with Crippen molar-refractivity contribution in [3.8, 4) is 0 Å². The van der Waals surface area contributed by atoms with E-state index in [9.17, 15) is 0 Å². The number of likely N-dealkylation sites (tertiary alicyclic amines) is 4. The smallest absolute Gasteiger partial charge is 0.00213 e. The maximum absolute atomic E-state index is 3.28. The molecule has 5 aliphatic heterocycles. The van der Waals surface area contributed by atoms with Gasteiger partial charge in [-0.05, 0) is 158 Å². The molecule has 50 heavy (non-hydrogen) atoms. The van der Waals surface area contributed by atoms with Crippen molar-refractivity contribution in [2.24, 2.45) is 0 Å². The lowest BCUT2D eigenvalue weighted by atomic mass is 10.1. The van der Waals surface area contributed by atoms with Crippen LogP contribution in [0.25, 0.3) is 0 Å². The van der Waals surface area contributed by atoms with Crippen molar-refractivity contribution in [1.29, 1.82) is 0 Å². The Labute approximate surface area is 323 Å². The molecule has 5 heteroatoms. The monoisotopic (exact) mass is 720 g/mol. The van der Waals surface area contributed by atoms with Crippen LogP contribution in [0.3, 0.4) is 0 Å². The van der Waals surface area contributed by atoms with Crippen molar-refractivity contribution in [2.45, 2.75) is 206 Å². The van der Waals surface area contributed by atoms with Gasteiger partial charge in [0.25, 0.3) is 0 Å². The SMILES string of the molecule is C.C1CCCC1.C1CCNCC1.CC.CC.CC.CC.CC.CC.CN1CCCC1.CN1CCCC1.CN1CCCCC1.CN1CCCCC1. The zero-order valence-corrected chi connectivity index (χ0v) is 38.1. The quantitative estimate of drug-likeness (QED) is 0.269. The summed E-state index contributed by atoms with van der Waals surface area (Å²) in [4.78, 5) is 9.51. The predicted octanol–water partition coefficient (Wildman–Crippen LogP) is 13.1. The highest BCUT2D eigenvalue weighted by atomic mass is 15.1. The van der Waals surface area contributed by atoms with E-state index in [1.54, 1.807) is 0 Å². The van der Waals surface area contributed by atoms with Crippen molar-refractivity contribution >= 4 is 0 Å². The fourth-order valence-electron chi connectivity index (χ4n) is 5.54. The first-order valence-electron chi connectivity index (χ1n) is 22.5. The molecule has 1 aliphatic carbocycles. The Morgan fingerprint density at radius 3 is 0.460 bits per heavy atom. The Balaban J connectivity index is -0.0000000835. The highest BCUT2D eigenvalue weighted by Gasteiger charge is 2.04. The summed E-state index contributed by atoms with van der Waals surface area (Å²) in [6, 6.07) is 0. The molecule has 0 atom stereocenters. The van der Waals surface area contributed by atoms with Gasteiger partial charge in [-0.3, -0.25) is 0 Å². The lowest BCUT2D eigenvalue weighted by Gasteiger charge is -2.20. The van der Waals surface area contributed by atoms with E-state index in [1.807, 2.05) is 83.1 Å². The van der Waals surface area contributed by atoms with Crippen LogP contribution in [0.1, 0.15) is 206 Å². The lowest BCUT2D eigenvalue weighted by Crippen LogP contribution is -2.24. The largest absolute Gasteiger partial charge is 0.317 e. The van der Waals surface area contributed by atoms with Crippen molar-refractivity contribution < 1.29 is 0 Å². The molecule has 0 bridgehead atoms. The molecular formula is C45H109N5. The van der Waals surface area contributed by atoms with Crippen LogP contribution in [-0.2, 0) is 0 Å². The summed E-state index contributed by atoms with van der Waals surface area (Å²) in [6.45, 7) is 37.1. The van der Waals surface area contributed by atoms with Gasteiger partial charge in [-0.25, -0.2) is 0 Å². The molecule has 0 amide bonds. The number of nitrogens with zero attached hydrogens (tertiary/aromatic N) is 4. The van der Waals surface area contributed by atoms with E-state index < -0.39 is 0 Å². The average molecular weight is 720 g/mol. The molecule has 1 saturated carbocycles. The lowest BCUT2D eigenvalue weighted by molar-refractivity contribution is 0.277. The summed E-state index contributed by atoms with van der Waals surface area (Å²) in [5.41, 5.74) is 0. The molecule has 0 aromatic heterocycles. The first kappa shape index (κ1) is 64.7. The first-order chi connectivity index (χ1) is 24.1. The third kappa shape index (κ3) is 62.9. The molecule has 5 heterocycles. The Bertz CT molecular complexity index is 382. The van der Waals surface area contributed by atoms with Crippen LogP contribution in [0.5, 0.6) is 0 Å². The molecule has 0 unspecified atom stereocenters. The molecule has 0 radical (unpaired) electrons. The van der Waals surface area contributed by atoms with Gasteiger partial charge in [0, 0.05) is 0 Å². The Morgan fingerprint density at radius 1 is 0.240 bits per heavy atom. The van der Waals surface area contributed by atoms with Gasteiger partial charge in [0.1, 0.15) is 0 Å². The van der Waals surface area contributed by atoms with E-state index in [1.165, 1.54) is 181 Å². The van der Waals surface area contributed by atoms with Gasteiger partial charge in [0.15, 0.2) is 0 Å². The second-order valence-corrected chi connectivity index (χ2v) is 12.3. The third-order valence-electron chi connectivity index (χ3n) is 8.28. The summed E-state index contributed by atoms with van der Waals surface area (Å²) >= 11 is 0. The Hall–Kier alpha value is -0.200. The second-order valence-electron chi connectivity index (χ2n) is 12.3. The topological polar surface area (TPSA) is 25.0 Å². The van der Waals surface area contributed by atoms with E-state index in [-0.39, 0.29) is 7.43 Å². The molecule has 5 saturated heterocycles. The maximum Gasteiger partial charge on any atom is -0.00213 e. The first-order valence-corrected chi connectivity index (χ1v) is 22.5. The van der Waals surface area contributed by atoms with Crippen molar-refractivity contribution in [3.05, 3.63) is 0 Å². The van der Waals surface area contributed by atoms with Crippen molar-refractivity contribution in [3.63, 3.8) is 0 Å². The van der Waals surface area contributed by atoms with Crippen LogP contribution in [-0.4, -0.2) is 113 Å². The summed E-state index contributed by atoms with van der Waals surface area (Å²) in [5.74, 6) is 0. The second kappa shape index (κ2) is 67.0. The zero-order chi connectivity index (χ0) is 38.8. The number of piperidine rings is 3. The molecule has 6 rings (SSSR count). The van der Waals surface area contributed by atoms with E-state index in [4.69, 9.17) is 0 Å². The molecule has 6 aliphatic rings. The summed E-state index contributed by atoms with van der Waals surface area (Å²) in [5, 5.41) is 3.28. The number of rotatable bonds is 0. The minimum atomic E-state index is 0. The Morgan fingerprint density at radius 2 is 0.380 bits per heavy atom. The van der Waals surface area contributed by atoms with Crippen LogP contribution < -0.4 is 5.32 Å². The summed E-state index contributed by atoms with van der Waals surface area (Å²) in [6.07, 6.45) is 25.9. The molecule has 0 aromatic carbocycles. The number of hydrogen-bond donors (Lipinski definition) is 1. The fourth-order valence-corrected chi connectivity index (χ4v) is 5.54. The molecule has 314 valence electrons. The third-order valence-corrected chi connectivity index (χ3v) is 8.28. The van der Waals surface area contributed by atoms with Crippen LogP contribution in [0.15, 0.2) is 0 Å². The van der Waals surface area contributed by atoms with E-state index in [0.717, 1.165) is 0 Å². The van der Waals surface area contributed by atoms with Gasteiger partial charge >= 0.3 is 0 Å². The molecule has 1 N–H and O–H groups in total. The van der Waals surface area contributed by atoms with Gasteiger partial charge in [-0.1, -0.05) is 142 Å². The van der Waals surface area contributed by atoms with Crippen LogP contribution >= 0.6 is 0 Å². The minimum absolute atomic E-state index is 0. The highest BCUT2D eigenvalue weighted by molar-refractivity contribution is 4.61. The predicted molar refractivity (Wildman–Crippen MR) is 241 cm³/mol. The maximum atomic E-state index is 3.28. The van der Waals surface area contributed by atoms with E-state index >= 15 is 0 Å². The summed E-state index contributed by atoms with van der Waals surface area (Å²) < 4.78 is 0. The average Bonchev–Trinajstić information content (AvgIpc) is 4.03. The number of hydrogen-bond acceptors (Lipinski definition) is 5. The van der Waals surface area contributed by atoms with Crippen LogP contribution in [0.4, 0.5) is 0 Å². The van der Waals surface area contributed by atoms with Gasteiger partial charge in [-0.15, -0.1) is 0 Å². The van der Waals surface area contributed by atoms with Gasteiger partial charge in [0.2, 0.25) is 0 Å². The van der Waals surface area contributed by atoms with Crippen molar-refractivity contribution in [1.82, 2.24) is 24.9 Å². The highest BCUT2D eigenvalue weighted by Crippen LogP contribution is 2.15. The molecular weight excluding hydrogens is 611 g/mol. The molecule has 5 nitrogen and oxygen atoms in total. The van der Waals surface area contributed by atoms with Gasteiger partial charge in [-0.2, -0.15) is 0 Å².